The van der Waals surface area contributed by atoms with Crippen LogP contribution in [0.4, 0.5) is 0 Å². The molecule has 3 atom stereocenters. The van der Waals surface area contributed by atoms with Gasteiger partial charge in [0.25, 0.3) is 8.32 Å². The molecule has 5 nitrogen and oxygen atoms in total. The van der Waals surface area contributed by atoms with Crippen LogP contribution in [-0.4, -0.2) is 34.0 Å². The Bertz CT molecular complexity index is 1260. The second kappa shape index (κ2) is 10.4. The SMILES string of the molecule is COC(=O)[C@]12CCC[C@@]1(CCO[Si](c1ccccc1)(c1ccccc1)C(C)(C)C)[C@@H](c1ccccc1)OC2=O. The van der Waals surface area contributed by atoms with Gasteiger partial charge in [-0.3, -0.25) is 9.59 Å². The van der Waals surface area contributed by atoms with Gasteiger partial charge in [-0.2, -0.15) is 0 Å². The van der Waals surface area contributed by atoms with Crippen LogP contribution >= 0.6 is 0 Å². The highest BCUT2D eigenvalue weighted by atomic mass is 28.4. The Balaban J connectivity index is 1.58. The van der Waals surface area contributed by atoms with Gasteiger partial charge in [0, 0.05) is 12.0 Å². The molecule has 3 aromatic carbocycles. The van der Waals surface area contributed by atoms with Crippen LogP contribution in [0, 0.1) is 10.8 Å². The molecular formula is C33H38O5Si. The number of methoxy groups -OCH3 is 1. The van der Waals surface area contributed by atoms with E-state index in [4.69, 9.17) is 13.9 Å². The summed E-state index contributed by atoms with van der Waals surface area (Å²) in [4.78, 5) is 27.0. The third kappa shape index (κ3) is 4.16. The molecule has 1 aliphatic carbocycles. The maximum absolute atomic E-state index is 13.6. The van der Waals surface area contributed by atoms with Crippen molar-refractivity contribution in [2.24, 2.45) is 10.8 Å². The standard InChI is InChI=1S/C33H38O5Si/c1-31(2,3)39(26-17-10-6-11-18-26,27-19-12-7-13-20-27)37-24-23-32-21-14-22-33(32,29(34)36-4)30(35)38-28(32)25-15-8-5-9-16-25/h5-13,15-20,28H,14,21-24H2,1-4H3/t28-,32-,33+/m1/s1. The molecule has 0 amide bonds. The number of cyclic esters (lactones) is 1. The van der Waals surface area contributed by atoms with E-state index in [0.29, 0.717) is 25.9 Å². The second-order valence-electron chi connectivity index (χ2n) is 11.9. The van der Waals surface area contributed by atoms with Gasteiger partial charge in [0.05, 0.1) is 7.11 Å². The Kier molecular flexibility index (Phi) is 7.29. The van der Waals surface area contributed by atoms with Crippen LogP contribution in [0.1, 0.15) is 58.1 Å². The van der Waals surface area contributed by atoms with Crippen molar-refractivity contribution in [2.45, 2.75) is 57.6 Å². The van der Waals surface area contributed by atoms with Gasteiger partial charge in [-0.05, 0) is 40.2 Å². The smallest absolute Gasteiger partial charge is 0.324 e. The zero-order chi connectivity index (χ0) is 27.7. The summed E-state index contributed by atoms with van der Waals surface area (Å²) in [5.41, 5.74) is -1.16. The Morgan fingerprint density at radius 1 is 0.897 bits per heavy atom. The fraction of sp³-hybridized carbons (Fsp3) is 0.394. The van der Waals surface area contributed by atoms with Crippen molar-refractivity contribution in [3.8, 4) is 0 Å². The largest absolute Gasteiger partial charge is 0.468 e. The molecule has 0 aromatic heterocycles. The summed E-state index contributed by atoms with van der Waals surface area (Å²) in [6.45, 7) is 7.15. The Morgan fingerprint density at radius 3 is 1.95 bits per heavy atom. The first-order chi connectivity index (χ1) is 18.7. The molecule has 39 heavy (non-hydrogen) atoms. The van der Waals surface area contributed by atoms with Gasteiger partial charge in [-0.25, -0.2) is 0 Å². The number of hydrogen-bond acceptors (Lipinski definition) is 5. The van der Waals surface area contributed by atoms with Crippen molar-refractivity contribution in [3.63, 3.8) is 0 Å². The zero-order valence-corrected chi connectivity index (χ0v) is 24.3. The van der Waals surface area contributed by atoms with Crippen LogP contribution in [-0.2, 0) is 23.5 Å². The van der Waals surface area contributed by atoms with Gasteiger partial charge < -0.3 is 13.9 Å². The van der Waals surface area contributed by atoms with Crippen molar-refractivity contribution >= 4 is 30.6 Å². The summed E-state index contributed by atoms with van der Waals surface area (Å²) in [7, 11) is -1.43. The number of rotatable bonds is 8. The van der Waals surface area contributed by atoms with Crippen molar-refractivity contribution in [1.29, 1.82) is 0 Å². The average molecular weight is 543 g/mol. The monoisotopic (exact) mass is 542 g/mol. The van der Waals surface area contributed by atoms with Crippen LogP contribution in [0.25, 0.3) is 0 Å². The molecule has 0 radical (unpaired) electrons. The molecule has 1 saturated heterocycles. The molecule has 2 fully saturated rings. The van der Waals surface area contributed by atoms with E-state index >= 15 is 0 Å². The lowest BCUT2D eigenvalue weighted by molar-refractivity contribution is -0.166. The lowest BCUT2D eigenvalue weighted by atomic mass is 9.61. The Morgan fingerprint density at radius 2 is 1.44 bits per heavy atom. The van der Waals surface area contributed by atoms with Gasteiger partial charge in [-0.15, -0.1) is 0 Å². The molecule has 204 valence electrons. The van der Waals surface area contributed by atoms with Crippen molar-refractivity contribution < 1.29 is 23.5 Å². The number of ether oxygens (including phenoxy) is 2. The molecule has 0 bridgehead atoms. The van der Waals surface area contributed by atoms with Gasteiger partial charge in [0.1, 0.15) is 6.10 Å². The van der Waals surface area contributed by atoms with Crippen LogP contribution < -0.4 is 10.4 Å². The maximum Gasteiger partial charge on any atom is 0.324 e. The molecule has 5 rings (SSSR count). The van der Waals surface area contributed by atoms with E-state index in [9.17, 15) is 9.59 Å². The fourth-order valence-corrected chi connectivity index (χ4v) is 11.9. The van der Waals surface area contributed by atoms with E-state index in [0.717, 1.165) is 12.0 Å². The molecule has 0 unspecified atom stereocenters. The summed E-state index contributed by atoms with van der Waals surface area (Å²) in [6.07, 6.45) is 1.86. The lowest BCUT2D eigenvalue weighted by Gasteiger charge is -2.44. The fourth-order valence-electron chi connectivity index (χ4n) is 7.31. The molecule has 6 heteroatoms. The minimum absolute atomic E-state index is 0.177. The van der Waals surface area contributed by atoms with Crippen LogP contribution in [0.2, 0.25) is 5.04 Å². The van der Waals surface area contributed by atoms with Crippen LogP contribution in [0.3, 0.4) is 0 Å². The maximum atomic E-state index is 13.6. The van der Waals surface area contributed by atoms with Gasteiger partial charge in [0.15, 0.2) is 5.41 Å². The highest BCUT2D eigenvalue weighted by Gasteiger charge is 2.74. The molecule has 1 saturated carbocycles. The molecular weight excluding hydrogens is 504 g/mol. The summed E-state index contributed by atoms with van der Waals surface area (Å²) >= 11 is 0. The Labute approximate surface area is 232 Å². The molecule has 1 aliphatic heterocycles. The number of carbonyl (C=O) groups is 2. The van der Waals surface area contributed by atoms with E-state index in [-0.39, 0.29) is 5.04 Å². The summed E-state index contributed by atoms with van der Waals surface area (Å²) in [5, 5.41) is 2.22. The third-order valence-electron chi connectivity index (χ3n) is 9.02. The van der Waals surface area contributed by atoms with Crippen molar-refractivity contribution in [2.75, 3.05) is 13.7 Å². The molecule has 0 N–H and O–H groups in total. The van der Waals surface area contributed by atoms with Crippen molar-refractivity contribution in [1.82, 2.24) is 0 Å². The minimum atomic E-state index is -2.79. The predicted molar refractivity (Wildman–Crippen MR) is 154 cm³/mol. The number of hydrogen-bond donors (Lipinski definition) is 0. The minimum Gasteiger partial charge on any atom is -0.468 e. The predicted octanol–water partition coefficient (Wildman–Crippen LogP) is 5.58. The van der Waals surface area contributed by atoms with Crippen molar-refractivity contribution in [3.05, 3.63) is 96.6 Å². The second-order valence-corrected chi connectivity index (χ2v) is 16.2. The third-order valence-corrected chi connectivity index (χ3v) is 14.1. The first-order valence-corrected chi connectivity index (χ1v) is 15.7. The molecule has 2 aliphatic rings. The van der Waals surface area contributed by atoms with E-state index in [2.05, 4.69) is 69.3 Å². The van der Waals surface area contributed by atoms with E-state index in [1.54, 1.807) is 0 Å². The van der Waals surface area contributed by atoms with Crippen LogP contribution in [0.15, 0.2) is 91.0 Å². The summed E-state index contributed by atoms with van der Waals surface area (Å²) < 4.78 is 18.6. The highest BCUT2D eigenvalue weighted by molar-refractivity contribution is 6.99. The summed E-state index contributed by atoms with van der Waals surface area (Å²) in [5.74, 6) is -0.958. The molecule has 3 aromatic rings. The van der Waals surface area contributed by atoms with Gasteiger partial charge in [-0.1, -0.05) is 118 Å². The normalized spacial score (nSPS) is 24.7. The van der Waals surface area contributed by atoms with E-state index < -0.39 is 37.2 Å². The summed E-state index contributed by atoms with van der Waals surface area (Å²) in [6, 6.07) is 30.8. The first-order valence-electron chi connectivity index (χ1n) is 13.8. The topological polar surface area (TPSA) is 61.8 Å². The lowest BCUT2D eigenvalue weighted by Crippen LogP contribution is -2.66. The number of carbonyl (C=O) groups excluding carboxylic acids is 2. The highest BCUT2D eigenvalue weighted by Crippen LogP contribution is 2.67. The van der Waals surface area contributed by atoms with Gasteiger partial charge in [0.2, 0.25) is 0 Å². The average Bonchev–Trinajstić information content (AvgIpc) is 3.45. The Hall–Kier alpha value is -3.22. The van der Waals surface area contributed by atoms with E-state index in [1.165, 1.54) is 17.5 Å². The zero-order valence-electron chi connectivity index (χ0n) is 23.3. The molecule has 1 heterocycles. The van der Waals surface area contributed by atoms with Gasteiger partial charge >= 0.3 is 11.9 Å². The van der Waals surface area contributed by atoms with E-state index in [1.807, 2.05) is 42.5 Å². The van der Waals surface area contributed by atoms with Crippen LogP contribution in [0.5, 0.6) is 0 Å². The first kappa shape index (κ1) is 27.3. The molecule has 0 spiro atoms. The quantitative estimate of drug-likeness (QED) is 0.211. The number of benzene rings is 3. The number of fused-ring (bicyclic) bond motifs is 1. The number of esters is 2.